The van der Waals surface area contributed by atoms with Crippen molar-refractivity contribution in [3.8, 4) is 5.75 Å². The van der Waals surface area contributed by atoms with Crippen LogP contribution < -0.4 is 15.6 Å². The number of carbonyl (C=O) groups excluding carboxylic acids is 1. The van der Waals surface area contributed by atoms with Gasteiger partial charge in [-0.25, -0.2) is 9.37 Å². The molecule has 5 rings (SSSR count). The highest BCUT2D eigenvalue weighted by molar-refractivity contribution is 9.10. The molecule has 0 saturated heterocycles. The molecule has 0 spiro atoms. The maximum Gasteiger partial charge on any atom is 0.282 e. The molecule has 0 atom stereocenters. The molecule has 3 aromatic carbocycles. The summed E-state index contributed by atoms with van der Waals surface area (Å²) in [5, 5.41) is 7.72. The van der Waals surface area contributed by atoms with E-state index in [1.807, 2.05) is 18.2 Å². The molecule has 0 bridgehead atoms. The summed E-state index contributed by atoms with van der Waals surface area (Å²) in [5.41, 5.74) is 1.64. The van der Waals surface area contributed by atoms with Crippen LogP contribution in [0.15, 0.2) is 81.1 Å². The van der Waals surface area contributed by atoms with Crippen LogP contribution in [-0.2, 0) is 4.79 Å². The fourth-order valence-corrected chi connectivity index (χ4v) is 4.95. The van der Waals surface area contributed by atoms with Gasteiger partial charge in [-0.15, -0.1) is 0 Å². The molecule has 38 heavy (non-hydrogen) atoms. The predicted molar refractivity (Wildman–Crippen MR) is 149 cm³/mol. The van der Waals surface area contributed by atoms with E-state index in [0.29, 0.717) is 33.7 Å². The quantitative estimate of drug-likeness (QED) is 0.264. The molecule has 4 aromatic rings. The van der Waals surface area contributed by atoms with Gasteiger partial charge in [-0.2, -0.15) is 9.78 Å². The third kappa shape index (κ3) is 6.16. The van der Waals surface area contributed by atoms with Crippen molar-refractivity contribution in [1.29, 1.82) is 0 Å². The summed E-state index contributed by atoms with van der Waals surface area (Å²) >= 11 is 3.44. The Hall–Kier alpha value is -3.85. The second-order valence-corrected chi connectivity index (χ2v) is 10.2. The molecule has 1 aromatic heterocycles. The van der Waals surface area contributed by atoms with Gasteiger partial charge in [-0.1, -0.05) is 47.3 Å². The fraction of sp³-hybridized carbons (Fsp3) is 0.241. The minimum Gasteiger partial charge on any atom is -0.484 e. The minimum absolute atomic E-state index is 0.177. The van der Waals surface area contributed by atoms with E-state index in [0.717, 1.165) is 30.2 Å². The van der Waals surface area contributed by atoms with Crippen molar-refractivity contribution in [2.24, 2.45) is 5.10 Å². The van der Waals surface area contributed by atoms with E-state index in [4.69, 9.17) is 9.72 Å². The minimum atomic E-state index is -0.377. The van der Waals surface area contributed by atoms with Crippen LogP contribution in [0.3, 0.4) is 0 Å². The lowest BCUT2D eigenvalue weighted by molar-refractivity contribution is -0.118. The molecule has 9 heteroatoms. The Balaban J connectivity index is 1.36. The van der Waals surface area contributed by atoms with Gasteiger partial charge in [0.05, 0.1) is 17.1 Å². The highest BCUT2D eigenvalue weighted by Gasteiger charge is 2.22. The van der Waals surface area contributed by atoms with E-state index in [1.165, 1.54) is 35.4 Å². The molecule has 1 aliphatic carbocycles. The number of fused-ring (bicyclic) bond motifs is 1. The summed E-state index contributed by atoms with van der Waals surface area (Å²) in [5.74, 6) is 0.594. The van der Waals surface area contributed by atoms with Gasteiger partial charge < -0.3 is 10.1 Å². The molecular formula is C29H26BrFN4O3. The van der Waals surface area contributed by atoms with Crippen molar-refractivity contribution in [1.82, 2.24) is 9.66 Å². The Bertz CT molecular complexity index is 1550. The Labute approximate surface area is 227 Å². The first-order valence-corrected chi connectivity index (χ1v) is 13.3. The summed E-state index contributed by atoms with van der Waals surface area (Å²) in [6.07, 6.45) is 6.97. The van der Waals surface area contributed by atoms with Crippen LogP contribution in [-0.4, -0.2) is 28.4 Å². The van der Waals surface area contributed by atoms with Crippen molar-refractivity contribution in [3.63, 3.8) is 0 Å². The van der Waals surface area contributed by atoms with Gasteiger partial charge in [0.2, 0.25) is 0 Å². The first-order valence-electron chi connectivity index (χ1n) is 12.5. The third-order valence-corrected chi connectivity index (χ3v) is 6.98. The summed E-state index contributed by atoms with van der Waals surface area (Å²) in [7, 11) is 0. The van der Waals surface area contributed by atoms with Crippen molar-refractivity contribution < 1.29 is 13.9 Å². The number of benzene rings is 3. The Morgan fingerprint density at radius 3 is 2.68 bits per heavy atom. The zero-order chi connectivity index (χ0) is 26.5. The van der Waals surface area contributed by atoms with E-state index in [-0.39, 0.29) is 29.8 Å². The number of nitrogens with zero attached hydrogens (tertiary/aromatic N) is 3. The number of ether oxygens (including phenoxy) is 1. The van der Waals surface area contributed by atoms with Crippen LogP contribution in [0.5, 0.6) is 5.75 Å². The second kappa shape index (κ2) is 11.7. The first kappa shape index (κ1) is 25.8. The molecular weight excluding hydrogens is 551 g/mol. The molecule has 1 N–H and O–H groups in total. The van der Waals surface area contributed by atoms with Gasteiger partial charge in [0.15, 0.2) is 6.61 Å². The monoisotopic (exact) mass is 576 g/mol. The molecule has 1 heterocycles. The molecule has 7 nitrogen and oxygen atoms in total. The molecule has 0 radical (unpaired) electrons. The largest absolute Gasteiger partial charge is 0.484 e. The van der Waals surface area contributed by atoms with Gasteiger partial charge in [-0.05, 0) is 73.0 Å². The number of hydrogen-bond donors (Lipinski definition) is 1. The van der Waals surface area contributed by atoms with E-state index < -0.39 is 0 Å². The van der Waals surface area contributed by atoms with E-state index in [2.05, 4.69) is 26.3 Å². The molecule has 1 saturated carbocycles. The van der Waals surface area contributed by atoms with Crippen molar-refractivity contribution in [3.05, 3.63) is 98.8 Å². The maximum absolute atomic E-state index is 13.5. The maximum atomic E-state index is 13.5. The smallest absolute Gasteiger partial charge is 0.282 e. The van der Waals surface area contributed by atoms with Gasteiger partial charge >= 0.3 is 0 Å². The van der Waals surface area contributed by atoms with E-state index in [9.17, 15) is 14.0 Å². The average molecular weight is 577 g/mol. The van der Waals surface area contributed by atoms with Gasteiger partial charge in [-0.3, -0.25) is 9.59 Å². The van der Waals surface area contributed by atoms with E-state index >= 15 is 0 Å². The Kier molecular flexibility index (Phi) is 7.93. The molecule has 1 aliphatic rings. The molecule has 0 aliphatic heterocycles. The average Bonchev–Trinajstić information content (AvgIpc) is 2.93. The highest BCUT2D eigenvalue weighted by atomic mass is 79.9. The topological polar surface area (TPSA) is 85.6 Å². The molecule has 0 unspecified atom stereocenters. The van der Waals surface area contributed by atoms with Crippen molar-refractivity contribution >= 4 is 44.6 Å². The highest BCUT2D eigenvalue weighted by Crippen LogP contribution is 2.32. The number of carbonyl (C=O) groups is 1. The van der Waals surface area contributed by atoms with E-state index in [1.54, 1.807) is 30.5 Å². The van der Waals surface area contributed by atoms with Crippen LogP contribution in [0.2, 0.25) is 0 Å². The number of anilines is 1. The second-order valence-electron chi connectivity index (χ2n) is 9.24. The molecule has 1 amide bonds. The normalized spacial score (nSPS) is 14.2. The van der Waals surface area contributed by atoms with Crippen LogP contribution in [0.4, 0.5) is 10.1 Å². The van der Waals surface area contributed by atoms with Crippen LogP contribution in [0, 0.1) is 5.82 Å². The Morgan fingerprint density at radius 1 is 1.11 bits per heavy atom. The van der Waals surface area contributed by atoms with Crippen molar-refractivity contribution in [2.45, 2.75) is 38.0 Å². The number of amides is 1. The number of aromatic nitrogens is 2. The van der Waals surface area contributed by atoms with Crippen molar-refractivity contribution in [2.75, 3.05) is 11.9 Å². The van der Waals surface area contributed by atoms with Gasteiger partial charge in [0, 0.05) is 16.1 Å². The predicted octanol–water partition coefficient (Wildman–Crippen LogP) is 6.25. The number of nitrogens with one attached hydrogen (secondary N) is 1. The Morgan fingerprint density at radius 2 is 1.89 bits per heavy atom. The summed E-state index contributed by atoms with van der Waals surface area (Å²) in [6.45, 7) is -0.216. The zero-order valence-corrected chi connectivity index (χ0v) is 22.2. The first-order chi connectivity index (χ1) is 18.5. The summed E-state index contributed by atoms with van der Waals surface area (Å²) in [4.78, 5) is 30.6. The number of hydrogen-bond acceptors (Lipinski definition) is 5. The summed E-state index contributed by atoms with van der Waals surface area (Å²) in [6, 6.07) is 18.1. The van der Waals surface area contributed by atoms with Crippen LogP contribution in [0.25, 0.3) is 10.9 Å². The number of halogens is 2. The summed E-state index contributed by atoms with van der Waals surface area (Å²) < 4.78 is 20.9. The van der Waals surface area contributed by atoms with Gasteiger partial charge in [0.25, 0.3) is 11.5 Å². The SMILES string of the molecule is O=C(COc1cccc(C=Nn2c(C3CCCCC3)nc3ccc(Br)cc3c2=O)c1)Nc1ccc(F)cc1. The van der Waals surface area contributed by atoms with Crippen LogP contribution in [0.1, 0.15) is 49.4 Å². The van der Waals surface area contributed by atoms with Gasteiger partial charge in [0.1, 0.15) is 17.4 Å². The lowest BCUT2D eigenvalue weighted by Gasteiger charge is -2.22. The zero-order valence-electron chi connectivity index (χ0n) is 20.6. The third-order valence-electron chi connectivity index (χ3n) is 6.48. The standard InChI is InChI=1S/C29H26BrFN4O3/c30-21-9-14-26-25(16-21)29(37)35(28(34-26)20-6-2-1-3-7-20)32-17-19-5-4-8-24(15-19)38-18-27(36)33-23-12-10-22(31)11-13-23/h4-5,8-17,20H,1-3,6-7,18H2,(H,33,36). The molecule has 194 valence electrons. The molecule has 1 fully saturated rings. The number of rotatable bonds is 7. The lowest BCUT2D eigenvalue weighted by Crippen LogP contribution is -2.25. The fourth-order valence-electron chi connectivity index (χ4n) is 4.59. The lowest BCUT2D eigenvalue weighted by atomic mass is 9.88. The van der Waals surface area contributed by atoms with Crippen LogP contribution >= 0.6 is 15.9 Å².